The maximum absolute atomic E-state index is 11.7. The fourth-order valence-electron chi connectivity index (χ4n) is 3.95. The van der Waals surface area contributed by atoms with Crippen molar-refractivity contribution in [1.29, 1.82) is 0 Å². The quantitative estimate of drug-likeness (QED) is 0.446. The molecule has 7 heteroatoms. The Morgan fingerprint density at radius 2 is 1.93 bits per heavy atom. The van der Waals surface area contributed by atoms with Gasteiger partial charge in [0, 0.05) is 49.9 Å². The summed E-state index contributed by atoms with van der Waals surface area (Å²) in [5.74, 6) is 1.49. The molecule has 3 rings (SSSR count). The molecule has 0 spiro atoms. The number of carbonyl (C=O) groups is 1. The number of hydrogen-bond donors (Lipinski definition) is 1. The Balaban J connectivity index is 1.45. The number of nitrogens with one attached hydrogen (secondary N) is 1. The van der Waals surface area contributed by atoms with E-state index in [1.165, 1.54) is 19.2 Å². The van der Waals surface area contributed by atoms with Crippen LogP contribution in [0.4, 0.5) is 5.69 Å². The van der Waals surface area contributed by atoms with Crippen LogP contribution in [-0.2, 0) is 9.53 Å². The van der Waals surface area contributed by atoms with E-state index in [0.717, 1.165) is 56.0 Å². The van der Waals surface area contributed by atoms with Crippen molar-refractivity contribution < 1.29 is 9.53 Å². The van der Waals surface area contributed by atoms with E-state index < -0.39 is 0 Å². The lowest BCUT2D eigenvalue weighted by Gasteiger charge is -2.33. The molecule has 1 N–H and O–H groups in total. The standard InChI is InChI=1S/C20H29BrN4O2/c1-22-20(24-11-8-16(9-12-24)19(26)27-2)23-13-15-7-10-25(14-15)18-5-3-17(21)4-6-18/h3-6,15-16H,7-14H2,1-2H3,(H,22,23). The number of rotatable bonds is 4. The Bertz CT molecular complexity index is 656. The lowest BCUT2D eigenvalue weighted by Crippen LogP contribution is -2.47. The van der Waals surface area contributed by atoms with Crippen LogP contribution in [0.3, 0.4) is 0 Å². The number of carbonyl (C=O) groups excluding carboxylic acids is 1. The van der Waals surface area contributed by atoms with Gasteiger partial charge in [-0.05, 0) is 49.4 Å². The molecule has 0 bridgehead atoms. The van der Waals surface area contributed by atoms with E-state index in [2.05, 4.69) is 60.3 Å². The molecule has 2 aliphatic rings. The van der Waals surface area contributed by atoms with Crippen LogP contribution in [0.5, 0.6) is 0 Å². The average Bonchev–Trinajstić information content (AvgIpc) is 3.18. The molecule has 0 aromatic heterocycles. The first kappa shape index (κ1) is 20.0. The largest absolute Gasteiger partial charge is 0.469 e. The molecular formula is C20H29BrN4O2. The smallest absolute Gasteiger partial charge is 0.308 e. The zero-order chi connectivity index (χ0) is 19.2. The maximum Gasteiger partial charge on any atom is 0.308 e. The number of ether oxygens (including phenoxy) is 1. The van der Waals surface area contributed by atoms with Gasteiger partial charge in [-0.25, -0.2) is 0 Å². The lowest BCUT2D eigenvalue weighted by molar-refractivity contribution is -0.146. The van der Waals surface area contributed by atoms with Gasteiger partial charge in [0.2, 0.25) is 0 Å². The monoisotopic (exact) mass is 436 g/mol. The molecule has 0 aliphatic carbocycles. The Hall–Kier alpha value is -1.76. The van der Waals surface area contributed by atoms with Gasteiger partial charge >= 0.3 is 5.97 Å². The molecule has 0 saturated carbocycles. The van der Waals surface area contributed by atoms with Crippen LogP contribution in [0.15, 0.2) is 33.7 Å². The summed E-state index contributed by atoms with van der Waals surface area (Å²) in [4.78, 5) is 20.8. The molecular weight excluding hydrogens is 408 g/mol. The van der Waals surface area contributed by atoms with E-state index in [4.69, 9.17) is 4.74 Å². The fraction of sp³-hybridized carbons (Fsp3) is 0.600. The van der Waals surface area contributed by atoms with Crippen LogP contribution in [0, 0.1) is 11.8 Å². The highest BCUT2D eigenvalue weighted by molar-refractivity contribution is 9.10. The van der Waals surface area contributed by atoms with Crippen molar-refractivity contribution in [2.75, 3.05) is 51.8 Å². The van der Waals surface area contributed by atoms with Crippen LogP contribution in [-0.4, -0.2) is 63.7 Å². The summed E-state index contributed by atoms with van der Waals surface area (Å²) >= 11 is 3.50. The van der Waals surface area contributed by atoms with Crippen molar-refractivity contribution >= 4 is 33.5 Å². The number of aliphatic imine (C=N–C) groups is 1. The third-order valence-electron chi connectivity index (χ3n) is 5.57. The zero-order valence-corrected chi connectivity index (χ0v) is 17.7. The van der Waals surface area contributed by atoms with Crippen molar-refractivity contribution in [3.8, 4) is 0 Å². The number of benzene rings is 1. The predicted octanol–water partition coefficient (Wildman–Crippen LogP) is 2.74. The molecule has 0 amide bonds. The molecule has 27 heavy (non-hydrogen) atoms. The van der Waals surface area contributed by atoms with Gasteiger partial charge in [-0.15, -0.1) is 0 Å². The molecule has 1 atom stereocenters. The number of esters is 1. The minimum Gasteiger partial charge on any atom is -0.469 e. The first-order valence-corrected chi connectivity index (χ1v) is 10.4. The summed E-state index contributed by atoms with van der Waals surface area (Å²) in [6.45, 7) is 4.77. The molecule has 2 saturated heterocycles. The number of guanidine groups is 1. The van der Waals surface area contributed by atoms with E-state index in [1.54, 1.807) is 0 Å². The second kappa shape index (κ2) is 9.44. The molecule has 148 valence electrons. The van der Waals surface area contributed by atoms with Crippen LogP contribution in [0.25, 0.3) is 0 Å². The SMILES string of the molecule is CN=C(NCC1CCN(c2ccc(Br)cc2)C1)N1CCC(C(=O)OC)CC1. The summed E-state index contributed by atoms with van der Waals surface area (Å²) in [5, 5.41) is 3.55. The van der Waals surface area contributed by atoms with E-state index in [-0.39, 0.29) is 11.9 Å². The highest BCUT2D eigenvalue weighted by Gasteiger charge is 2.28. The minimum absolute atomic E-state index is 0.0265. The topological polar surface area (TPSA) is 57.2 Å². The molecule has 1 aromatic rings. The molecule has 2 heterocycles. The number of methoxy groups -OCH3 is 1. The number of likely N-dealkylation sites (tertiary alicyclic amines) is 1. The Morgan fingerprint density at radius 1 is 1.22 bits per heavy atom. The first-order chi connectivity index (χ1) is 13.1. The highest BCUT2D eigenvalue weighted by Crippen LogP contribution is 2.25. The van der Waals surface area contributed by atoms with E-state index in [0.29, 0.717) is 5.92 Å². The average molecular weight is 437 g/mol. The molecule has 2 aliphatic heterocycles. The molecule has 1 aromatic carbocycles. The van der Waals surface area contributed by atoms with Crippen LogP contribution >= 0.6 is 15.9 Å². The minimum atomic E-state index is -0.0865. The summed E-state index contributed by atoms with van der Waals surface area (Å²) in [6, 6.07) is 8.54. The van der Waals surface area contributed by atoms with Crippen LogP contribution < -0.4 is 10.2 Å². The van der Waals surface area contributed by atoms with Gasteiger partial charge in [0.1, 0.15) is 0 Å². The van der Waals surface area contributed by atoms with E-state index >= 15 is 0 Å². The van der Waals surface area contributed by atoms with Gasteiger partial charge in [-0.1, -0.05) is 15.9 Å². The zero-order valence-electron chi connectivity index (χ0n) is 16.2. The van der Waals surface area contributed by atoms with Crippen molar-refractivity contribution in [2.24, 2.45) is 16.8 Å². The Morgan fingerprint density at radius 3 is 2.56 bits per heavy atom. The number of nitrogens with zero attached hydrogens (tertiary/aromatic N) is 3. The summed E-state index contributed by atoms with van der Waals surface area (Å²) < 4.78 is 5.98. The van der Waals surface area contributed by atoms with Gasteiger partial charge in [0.15, 0.2) is 5.96 Å². The van der Waals surface area contributed by atoms with Crippen LogP contribution in [0.2, 0.25) is 0 Å². The summed E-state index contributed by atoms with van der Waals surface area (Å²) in [6.07, 6.45) is 2.84. The van der Waals surface area contributed by atoms with Gasteiger partial charge in [0.25, 0.3) is 0 Å². The Labute approximate surface area is 170 Å². The number of hydrogen-bond acceptors (Lipinski definition) is 4. The van der Waals surface area contributed by atoms with Crippen molar-refractivity contribution in [1.82, 2.24) is 10.2 Å². The highest BCUT2D eigenvalue weighted by atomic mass is 79.9. The van der Waals surface area contributed by atoms with Gasteiger partial charge < -0.3 is 19.9 Å². The predicted molar refractivity (Wildman–Crippen MR) is 112 cm³/mol. The van der Waals surface area contributed by atoms with Gasteiger partial charge in [-0.2, -0.15) is 0 Å². The van der Waals surface area contributed by atoms with Crippen molar-refractivity contribution in [2.45, 2.75) is 19.3 Å². The van der Waals surface area contributed by atoms with Gasteiger partial charge in [-0.3, -0.25) is 9.79 Å². The molecule has 1 unspecified atom stereocenters. The summed E-state index contributed by atoms with van der Waals surface area (Å²) in [7, 11) is 3.30. The van der Waals surface area contributed by atoms with Gasteiger partial charge in [0.05, 0.1) is 13.0 Å². The second-order valence-corrected chi connectivity index (χ2v) is 8.21. The van der Waals surface area contributed by atoms with Crippen molar-refractivity contribution in [3.05, 3.63) is 28.7 Å². The fourth-order valence-corrected chi connectivity index (χ4v) is 4.21. The normalized spacial score (nSPS) is 21.4. The third-order valence-corrected chi connectivity index (χ3v) is 6.10. The third kappa shape index (κ3) is 5.15. The number of piperidine rings is 1. The maximum atomic E-state index is 11.7. The van der Waals surface area contributed by atoms with E-state index in [1.807, 2.05) is 7.05 Å². The molecule has 0 radical (unpaired) electrons. The second-order valence-electron chi connectivity index (χ2n) is 7.29. The number of halogens is 1. The van der Waals surface area contributed by atoms with Crippen molar-refractivity contribution in [3.63, 3.8) is 0 Å². The van der Waals surface area contributed by atoms with Crippen LogP contribution in [0.1, 0.15) is 19.3 Å². The summed E-state index contributed by atoms with van der Waals surface area (Å²) in [5.41, 5.74) is 1.29. The molecule has 2 fully saturated rings. The lowest BCUT2D eigenvalue weighted by atomic mass is 9.97. The Kier molecular flexibility index (Phi) is 6.99. The van der Waals surface area contributed by atoms with E-state index in [9.17, 15) is 4.79 Å². The number of anilines is 1. The molecule has 6 nitrogen and oxygen atoms in total. The first-order valence-electron chi connectivity index (χ1n) is 9.64.